The summed E-state index contributed by atoms with van der Waals surface area (Å²) in [6.07, 6.45) is 5.93. The highest BCUT2D eigenvalue weighted by Crippen LogP contribution is 2.47. The van der Waals surface area contributed by atoms with E-state index < -0.39 is 12.1 Å². The number of carbonyl (C=O) groups is 2. The van der Waals surface area contributed by atoms with Crippen molar-refractivity contribution in [2.75, 3.05) is 0 Å². The number of ketones is 1. The lowest BCUT2D eigenvalue weighted by Gasteiger charge is -2.33. The minimum absolute atomic E-state index is 0.0525. The van der Waals surface area contributed by atoms with Crippen LogP contribution in [0.1, 0.15) is 64.7 Å². The van der Waals surface area contributed by atoms with Crippen LogP contribution in [0.4, 0.5) is 0 Å². The number of carboxylic acids is 1. The van der Waals surface area contributed by atoms with Crippen molar-refractivity contribution in [3.63, 3.8) is 0 Å². The number of epoxide rings is 1. The molecule has 2 N–H and O–H groups in total. The van der Waals surface area contributed by atoms with E-state index in [1.165, 1.54) is 0 Å². The molecule has 1 saturated carbocycles. The summed E-state index contributed by atoms with van der Waals surface area (Å²) in [5, 5.41) is 19.1. The van der Waals surface area contributed by atoms with Crippen LogP contribution in [0.2, 0.25) is 0 Å². The summed E-state index contributed by atoms with van der Waals surface area (Å²) < 4.78 is 5.61. The van der Waals surface area contributed by atoms with Gasteiger partial charge in [0.2, 0.25) is 0 Å². The second kappa shape index (κ2) is 8.06. The fourth-order valence-corrected chi connectivity index (χ4v) is 3.76. The number of carbonyl (C=O) groups excluding carboxylic acids is 1. The van der Waals surface area contributed by atoms with Gasteiger partial charge < -0.3 is 14.9 Å². The number of carboxylic acid groups (broad SMARTS) is 1. The Hall–Kier alpha value is -0.940. The summed E-state index contributed by atoms with van der Waals surface area (Å²) >= 11 is 0. The third-order valence-corrected chi connectivity index (χ3v) is 5.07. The minimum atomic E-state index is -0.833. The summed E-state index contributed by atoms with van der Waals surface area (Å²) in [5.41, 5.74) is 0. The van der Waals surface area contributed by atoms with E-state index in [0.717, 1.165) is 19.3 Å². The van der Waals surface area contributed by atoms with E-state index in [9.17, 15) is 14.7 Å². The summed E-state index contributed by atoms with van der Waals surface area (Å²) in [6, 6.07) is 0. The standard InChI is InChI=1S/C17H28O5/c1-2-3-4-5-11(18)6-7-13-12(8-9-16(20)21)14(19)10-15-17(13)22-15/h12-15,17,19H,2-10H2,1H3,(H,20,21)/t12?,13-,14+,15?,17?/m1/s1. The number of ether oxygens (including phenoxy) is 1. The Labute approximate surface area is 132 Å². The Morgan fingerprint density at radius 2 is 1.82 bits per heavy atom. The summed E-state index contributed by atoms with van der Waals surface area (Å²) in [7, 11) is 0. The molecule has 0 aromatic carbocycles. The zero-order chi connectivity index (χ0) is 16.1. The molecule has 0 aromatic rings. The molecule has 0 spiro atoms. The molecule has 5 atom stereocenters. The monoisotopic (exact) mass is 312 g/mol. The van der Waals surface area contributed by atoms with Gasteiger partial charge in [-0.3, -0.25) is 9.59 Å². The van der Waals surface area contributed by atoms with Gasteiger partial charge >= 0.3 is 5.97 Å². The molecule has 1 aliphatic carbocycles. The zero-order valence-electron chi connectivity index (χ0n) is 13.4. The molecule has 5 heteroatoms. The molecule has 1 aliphatic heterocycles. The predicted molar refractivity (Wildman–Crippen MR) is 81.5 cm³/mol. The van der Waals surface area contributed by atoms with Gasteiger partial charge in [0.1, 0.15) is 5.78 Å². The van der Waals surface area contributed by atoms with Crippen molar-refractivity contribution in [1.29, 1.82) is 0 Å². The molecule has 0 bridgehead atoms. The molecule has 5 nitrogen and oxygen atoms in total. The van der Waals surface area contributed by atoms with E-state index in [2.05, 4.69) is 6.92 Å². The van der Waals surface area contributed by atoms with Crippen molar-refractivity contribution in [3.8, 4) is 0 Å². The highest BCUT2D eigenvalue weighted by Gasteiger charge is 2.54. The molecule has 2 rings (SSSR count). The van der Waals surface area contributed by atoms with Crippen molar-refractivity contribution in [2.45, 2.75) is 83.0 Å². The van der Waals surface area contributed by atoms with E-state index in [1.807, 2.05) is 0 Å². The molecule has 0 radical (unpaired) electrons. The van der Waals surface area contributed by atoms with Gasteiger partial charge in [-0.05, 0) is 31.1 Å². The Balaban J connectivity index is 1.82. The van der Waals surface area contributed by atoms with Crippen LogP contribution < -0.4 is 0 Å². The largest absolute Gasteiger partial charge is 0.481 e. The smallest absolute Gasteiger partial charge is 0.303 e. The number of rotatable bonds is 10. The molecule has 0 amide bonds. The number of unbranched alkanes of at least 4 members (excludes halogenated alkanes) is 2. The fraction of sp³-hybridized carbons (Fsp3) is 0.882. The molecule has 3 unspecified atom stereocenters. The highest BCUT2D eigenvalue weighted by atomic mass is 16.6. The molecule has 22 heavy (non-hydrogen) atoms. The van der Waals surface area contributed by atoms with E-state index in [0.29, 0.717) is 32.1 Å². The van der Waals surface area contributed by atoms with Gasteiger partial charge in [-0.1, -0.05) is 19.8 Å². The Bertz CT molecular complexity index is 395. The van der Waals surface area contributed by atoms with Crippen LogP contribution in [0.15, 0.2) is 0 Å². The van der Waals surface area contributed by atoms with Crippen molar-refractivity contribution in [2.24, 2.45) is 11.8 Å². The average molecular weight is 312 g/mol. The normalized spacial score (nSPS) is 33.3. The van der Waals surface area contributed by atoms with Crippen LogP contribution in [0.5, 0.6) is 0 Å². The lowest BCUT2D eigenvalue weighted by molar-refractivity contribution is -0.137. The first kappa shape index (κ1) is 17.4. The third-order valence-electron chi connectivity index (χ3n) is 5.07. The number of aliphatic hydroxyl groups excluding tert-OH is 1. The van der Waals surface area contributed by atoms with Crippen molar-refractivity contribution in [3.05, 3.63) is 0 Å². The van der Waals surface area contributed by atoms with Crippen molar-refractivity contribution in [1.82, 2.24) is 0 Å². The first-order valence-corrected chi connectivity index (χ1v) is 8.60. The lowest BCUT2D eigenvalue weighted by Crippen LogP contribution is -2.38. The van der Waals surface area contributed by atoms with Gasteiger partial charge in [0, 0.05) is 25.7 Å². The Kier molecular flexibility index (Phi) is 6.38. The SMILES string of the molecule is CCCCCC(=O)CC[C@H]1C2OC2C[C@H](O)C1CCC(=O)O. The van der Waals surface area contributed by atoms with Crippen LogP contribution in [0.25, 0.3) is 0 Å². The van der Waals surface area contributed by atoms with Crippen LogP contribution in [0, 0.1) is 11.8 Å². The molecule has 0 aromatic heterocycles. The van der Waals surface area contributed by atoms with Crippen molar-refractivity contribution < 1.29 is 24.5 Å². The molecule has 2 fully saturated rings. The van der Waals surface area contributed by atoms with Crippen LogP contribution >= 0.6 is 0 Å². The number of hydrogen-bond acceptors (Lipinski definition) is 4. The summed E-state index contributed by atoms with van der Waals surface area (Å²) in [6.45, 7) is 2.12. The molecule has 2 aliphatic rings. The Morgan fingerprint density at radius 3 is 2.50 bits per heavy atom. The maximum atomic E-state index is 11.9. The number of aliphatic hydroxyl groups is 1. The number of hydrogen-bond donors (Lipinski definition) is 2. The first-order valence-electron chi connectivity index (χ1n) is 8.60. The number of aliphatic carboxylic acids is 1. The Morgan fingerprint density at radius 1 is 1.09 bits per heavy atom. The van der Waals surface area contributed by atoms with E-state index in [-0.39, 0.29) is 36.2 Å². The maximum absolute atomic E-state index is 11.9. The maximum Gasteiger partial charge on any atom is 0.303 e. The summed E-state index contributed by atoms with van der Waals surface area (Å²) in [4.78, 5) is 22.7. The topological polar surface area (TPSA) is 87.1 Å². The number of fused-ring (bicyclic) bond motifs is 1. The second-order valence-electron chi connectivity index (χ2n) is 6.74. The highest BCUT2D eigenvalue weighted by molar-refractivity contribution is 5.78. The van der Waals surface area contributed by atoms with Gasteiger partial charge in [-0.25, -0.2) is 0 Å². The van der Waals surface area contributed by atoms with Gasteiger partial charge in [0.05, 0.1) is 18.3 Å². The minimum Gasteiger partial charge on any atom is -0.481 e. The van der Waals surface area contributed by atoms with Gasteiger partial charge in [0.25, 0.3) is 0 Å². The predicted octanol–water partition coefficient (Wildman–Crippen LogP) is 2.55. The van der Waals surface area contributed by atoms with Crippen LogP contribution in [-0.2, 0) is 14.3 Å². The average Bonchev–Trinajstić information content (AvgIpc) is 3.22. The van der Waals surface area contributed by atoms with E-state index >= 15 is 0 Å². The fourth-order valence-electron chi connectivity index (χ4n) is 3.76. The van der Waals surface area contributed by atoms with Crippen LogP contribution in [0.3, 0.4) is 0 Å². The summed E-state index contributed by atoms with van der Waals surface area (Å²) in [5.74, 6) is -0.477. The molecule has 1 heterocycles. The zero-order valence-corrected chi connectivity index (χ0v) is 13.4. The quantitative estimate of drug-likeness (QED) is 0.478. The van der Waals surface area contributed by atoms with Gasteiger partial charge in [0.15, 0.2) is 0 Å². The third kappa shape index (κ3) is 4.78. The molecular formula is C17H28O5. The lowest BCUT2D eigenvalue weighted by atomic mass is 9.73. The van der Waals surface area contributed by atoms with Gasteiger partial charge in [-0.15, -0.1) is 0 Å². The number of Topliss-reactive ketones (excluding diaryl/α,β-unsaturated/α-hetero) is 1. The van der Waals surface area contributed by atoms with Crippen LogP contribution in [-0.4, -0.2) is 40.3 Å². The van der Waals surface area contributed by atoms with Crippen molar-refractivity contribution >= 4 is 11.8 Å². The van der Waals surface area contributed by atoms with Gasteiger partial charge in [-0.2, -0.15) is 0 Å². The van der Waals surface area contributed by atoms with E-state index in [4.69, 9.17) is 9.84 Å². The molecular weight excluding hydrogens is 284 g/mol. The molecule has 126 valence electrons. The van der Waals surface area contributed by atoms with E-state index in [1.54, 1.807) is 0 Å². The molecule has 1 saturated heterocycles. The first-order chi connectivity index (χ1) is 10.5. The second-order valence-corrected chi connectivity index (χ2v) is 6.74.